The van der Waals surface area contributed by atoms with Gasteiger partial charge in [-0.2, -0.15) is 0 Å². The Hall–Kier alpha value is -1.45. The molecule has 31 heavy (non-hydrogen) atoms. The Bertz CT molecular complexity index is 875. The molecule has 0 saturated heterocycles. The third-order valence-corrected chi connectivity index (χ3v) is 5.74. The Balaban J connectivity index is 0.00000480. The average Bonchev–Trinajstić information content (AvgIpc) is 3.12. The maximum atomic E-state index is 12.2. The first kappa shape index (κ1) is 27.6. The number of halogens is 1. The van der Waals surface area contributed by atoms with Gasteiger partial charge < -0.3 is 24.0 Å². The number of aryl methyl sites for hydroxylation is 4. The van der Waals surface area contributed by atoms with E-state index >= 15 is 0 Å². The molecule has 176 valence electrons. The van der Waals surface area contributed by atoms with Crippen molar-refractivity contribution in [2.75, 3.05) is 0 Å². The van der Waals surface area contributed by atoms with Crippen LogP contribution >= 0.6 is 0 Å². The molecule has 0 aliphatic heterocycles. The van der Waals surface area contributed by atoms with Gasteiger partial charge in [-0.1, -0.05) is 39.5 Å². The van der Waals surface area contributed by atoms with E-state index in [1.165, 1.54) is 55.5 Å². The standard InChI is InChI=1S/C23H40N5O2.HI/c1-5-7-14-21-19-26(24-28(21)17-8-6-2)15-12-10-9-11-13-16-27-20(3)18-22(29)25(4)23(27)30;/h18-19H,5-17H2,1-4H3;1H/q+1;/p-1. The molecule has 0 aliphatic rings. The fourth-order valence-corrected chi connectivity index (χ4v) is 3.74. The SMILES string of the molecule is CCCCc1c[n+](CCCCCCCn2c(C)cc(=O)n(C)c2=O)nn1CCCC.[I-]. The maximum Gasteiger partial charge on any atom is 0.330 e. The smallest absolute Gasteiger partial charge is 0.330 e. The number of hydrogen-bond acceptors (Lipinski definition) is 3. The first-order chi connectivity index (χ1) is 14.5. The quantitative estimate of drug-likeness (QED) is 0.193. The van der Waals surface area contributed by atoms with Crippen molar-refractivity contribution in [2.45, 2.75) is 105 Å². The van der Waals surface area contributed by atoms with Gasteiger partial charge in [-0.3, -0.25) is 13.9 Å². The van der Waals surface area contributed by atoms with Crippen LogP contribution in [-0.2, 0) is 33.1 Å². The van der Waals surface area contributed by atoms with Crippen LogP contribution in [0.25, 0.3) is 0 Å². The second-order valence-corrected chi connectivity index (χ2v) is 8.34. The van der Waals surface area contributed by atoms with E-state index in [1.54, 1.807) is 4.57 Å². The van der Waals surface area contributed by atoms with Crippen molar-refractivity contribution in [1.82, 2.24) is 19.0 Å². The van der Waals surface area contributed by atoms with Crippen molar-refractivity contribution >= 4 is 0 Å². The molecule has 0 unspecified atom stereocenters. The Morgan fingerprint density at radius 3 is 2.32 bits per heavy atom. The van der Waals surface area contributed by atoms with Gasteiger partial charge in [-0.25, -0.2) is 4.79 Å². The molecular weight excluding hydrogens is 505 g/mol. The number of nitrogens with zero attached hydrogens (tertiary/aromatic N) is 5. The molecule has 0 bridgehead atoms. The third-order valence-electron chi connectivity index (χ3n) is 5.74. The molecule has 0 saturated carbocycles. The molecule has 0 amide bonds. The number of aromatic nitrogens is 5. The van der Waals surface area contributed by atoms with Crippen LogP contribution in [0.15, 0.2) is 21.9 Å². The van der Waals surface area contributed by atoms with Crippen molar-refractivity contribution in [3.8, 4) is 0 Å². The summed E-state index contributed by atoms with van der Waals surface area (Å²) < 4.78 is 7.21. The highest BCUT2D eigenvalue weighted by Gasteiger charge is 2.14. The summed E-state index contributed by atoms with van der Waals surface area (Å²) in [5, 5.41) is 4.78. The Kier molecular flexibility index (Phi) is 13.0. The summed E-state index contributed by atoms with van der Waals surface area (Å²) in [6.45, 7) is 8.95. The summed E-state index contributed by atoms with van der Waals surface area (Å²) in [6.07, 6.45) is 13.6. The van der Waals surface area contributed by atoms with Gasteiger partial charge >= 0.3 is 5.69 Å². The lowest BCUT2D eigenvalue weighted by Gasteiger charge is -2.10. The molecule has 0 spiro atoms. The molecule has 0 atom stereocenters. The minimum absolute atomic E-state index is 0. The highest BCUT2D eigenvalue weighted by Crippen LogP contribution is 2.07. The van der Waals surface area contributed by atoms with Crippen LogP contribution in [0.4, 0.5) is 0 Å². The van der Waals surface area contributed by atoms with Crippen molar-refractivity contribution in [3.63, 3.8) is 0 Å². The molecule has 2 rings (SSSR count). The Morgan fingerprint density at radius 2 is 1.61 bits per heavy atom. The number of unbranched alkanes of at least 4 members (excludes halogenated alkanes) is 6. The molecule has 0 radical (unpaired) electrons. The van der Waals surface area contributed by atoms with E-state index in [4.69, 9.17) is 5.21 Å². The molecule has 0 fully saturated rings. The zero-order valence-electron chi connectivity index (χ0n) is 19.8. The predicted molar refractivity (Wildman–Crippen MR) is 120 cm³/mol. The molecule has 2 heterocycles. The summed E-state index contributed by atoms with van der Waals surface area (Å²) in [7, 11) is 1.54. The predicted octanol–water partition coefficient (Wildman–Crippen LogP) is 0.137. The first-order valence-corrected chi connectivity index (χ1v) is 11.7. The summed E-state index contributed by atoms with van der Waals surface area (Å²) in [5.41, 5.74) is 1.66. The van der Waals surface area contributed by atoms with Crippen LogP contribution in [0.5, 0.6) is 0 Å². The van der Waals surface area contributed by atoms with Crippen molar-refractivity contribution in [3.05, 3.63) is 44.5 Å². The summed E-state index contributed by atoms with van der Waals surface area (Å²) >= 11 is 0. The summed E-state index contributed by atoms with van der Waals surface area (Å²) in [5.74, 6) is 0. The molecule has 2 aromatic rings. The average molecular weight is 546 g/mol. The lowest BCUT2D eigenvalue weighted by Crippen LogP contribution is -3.00. The fourth-order valence-electron chi connectivity index (χ4n) is 3.74. The second-order valence-electron chi connectivity index (χ2n) is 8.34. The van der Waals surface area contributed by atoms with Crippen LogP contribution in [0, 0.1) is 6.92 Å². The van der Waals surface area contributed by atoms with Crippen LogP contribution < -0.4 is 39.9 Å². The zero-order valence-corrected chi connectivity index (χ0v) is 21.9. The second kappa shape index (κ2) is 14.6. The highest BCUT2D eigenvalue weighted by molar-refractivity contribution is 4.99. The van der Waals surface area contributed by atoms with Crippen LogP contribution in [-0.4, -0.2) is 19.0 Å². The van der Waals surface area contributed by atoms with Gasteiger partial charge in [-0.15, -0.1) is 9.36 Å². The lowest BCUT2D eigenvalue weighted by molar-refractivity contribution is -0.755. The van der Waals surface area contributed by atoms with Crippen LogP contribution in [0.1, 0.15) is 83.0 Å². The Morgan fingerprint density at radius 1 is 0.935 bits per heavy atom. The van der Waals surface area contributed by atoms with E-state index in [0.717, 1.165) is 50.9 Å². The van der Waals surface area contributed by atoms with Crippen LogP contribution in [0.3, 0.4) is 0 Å². The van der Waals surface area contributed by atoms with Gasteiger partial charge in [0.1, 0.15) is 13.1 Å². The molecule has 0 N–H and O–H groups in total. The fraction of sp³-hybridized carbons (Fsp3) is 0.739. The molecule has 0 aliphatic carbocycles. The minimum atomic E-state index is -0.235. The maximum absolute atomic E-state index is 12.2. The van der Waals surface area contributed by atoms with E-state index < -0.39 is 0 Å². The van der Waals surface area contributed by atoms with Gasteiger partial charge in [0.15, 0.2) is 11.9 Å². The van der Waals surface area contributed by atoms with E-state index in [2.05, 4.69) is 29.4 Å². The molecule has 2 aromatic heterocycles. The van der Waals surface area contributed by atoms with E-state index in [0.29, 0.717) is 6.54 Å². The highest BCUT2D eigenvalue weighted by atomic mass is 127. The number of rotatable bonds is 14. The minimum Gasteiger partial charge on any atom is -1.00 e. The summed E-state index contributed by atoms with van der Waals surface area (Å²) in [6, 6.07) is 1.53. The van der Waals surface area contributed by atoms with Crippen molar-refractivity contribution in [1.29, 1.82) is 0 Å². The van der Waals surface area contributed by atoms with Gasteiger partial charge in [0, 0.05) is 31.8 Å². The largest absolute Gasteiger partial charge is 1.00 e. The van der Waals surface area contributed by atoms with Gasteiger partial charge in [0.25, 0.3) is 5.56 Å². The third kappa shape index (κ3) is 8.54. The first-order valence-electron chi connectivity index (χ1n) is 11.7. The van der Waals surface area contributed by atoms with Gasteiger partial charge in [0.2, 0.25) is 0 Å². The van der Waals surface area contributed by atoms with Gasteiger partial charge in [0.05, 0.1) is 5.21 Å². The van der Waals surface area contributed by atoms with E-state index in [9.17, 15) is 9.59 Å². The number of hydrogen-bond donors (Lipinski definition) is 0. The molecule has 0 aromatic carbocycles. The van der Waals surface area contributed by atoms with Gasteiger partial charge in [-0.05, 0) is 39.0 Å². The topological polar surface area (TPSA) is 65.7 Å². The lowest BCUT2D eigenvalue weighted by atomic mass is 10.1. The summed E-state index contributed by atoms with van der Waals surface area (Å²) in [4.78, 5) is 23.9. The molecular formula is C23H40IN5O2. The Labute approximate surface area is 203 Å². The van der Waals surface area contributed by atoms with Crippen molar-refractivity contribution in [2.24, 2.45) is 7.05 Å². The monoisotopic (exact) mass is 545 g/mol. The van der Waals surface area contributed by atoms with E-state index in [-0.39, 0.29) is 35.2 Å². The van der Waals surface area contributed by atoms with Crippen LogP contribution in [0.2, 0.25) is 0 Å². The molecule has 8 heteroatoms. The van der Waals surface area contributed by atoms with Crippen molar-refractivity contribution < 1.29 is 28.7 Å². The normalized spacial score (nSPS) is 11.0. The molecule has 7 nitrogen and oxygen atoms in total. The van der Waals surface area contributed by atoms with E-state index in [1.807, 2.05) is 6.92 Å². The zero-order chi connectivity index (χ0) is 21.9.